The Kier molecular flexibility index (Phi) is 7.62. The van der Waals surface area contributed by atoms with Gasteiger partial charge in [0.25, 0.3) is 0 Å². The Labute approximate surface area is 228 Å². The molecule has 2 aromatic rings. The number of benzene rings is 1. The lowest BCUT2D eigenvalue weighted by Gasteiger charge is -2.26. The summed E-state index contributed by atoms with van der Waals surface area (Å²) in [5, 5.41) is 25.8. The molecule has 1 fully saturated rings. The number of aliphatic carboxylic acids is 1. The van der Waals surface area contributed by atoms with Crippen molar-refractivity contribution < 1.29 is 32.9 Å². The summed E-state index contributed by atoms with van der Waals surface area (Å²) in [6.07, 6.45) is 0.121. The number of halogens is 4. The van der Waals surface area contributed by atoms with Gasteiger partial charge in [0.2, 0.25) is 5.95 Å². The number of hydrogen-bond acceptors (Lipinski definition) is 8. The van der Waals surface area contributed by atoms with Gasteiger partial charge in [-0.25, -0.2) is 4.98 Å². The topological polar surface area (TPSA) is 120 Å². The van der Waals surface area contributed by atoms with Gasteiger partial charge in [0, 0.05) is 25.7 Å². The fourth-order valence-electron chi connectivity index (χ4n) is 5.76. The number of ether oxygens (including phenoxy) is 1. The van der Waals surface area contributed by atoms with Crippen molar-refractivity contribution in [3.8, 4) is 5.75 Å². The lowest BCUT2D eigenvalue weighted by molar-refractivity contribution is -0.208. The molecule has 13 heteroatoms. The average molecular weight is 568 g/mol. The number of carbonyl (C=O) groups is 1. The van der Waals surface area contributed by atoms with Crippen LogP contribution < -0.4 is 15.4 Å². The zero-order chi connectivity index (χ0) is 27.9. The van der Waals surface area contributed by atoms with E-state index in [1.165, 1.54) is 13.3 Å². The maximum Gasteiger partial charge on any atom is 0.415 e. The number of aromatic nitrogens is 2. The minimum Gasteiger partial charge on any atom is -0.495 e. The van der Waals surface area contributed by atoms with Crippen molar-refractivity contribution in [2.75, 3.05) is 37.4 Å². The van der Waals surface area contributed by atoms with Crippen molar-refractivity contribution in [1.29, 1.82) is 0 Å². The third kappa shape index (κ3) is 5.78. The van der Waals surface area contributed by atoms with Crippen molar-refractivity contribution in [1.82, 2.24) is 14.9 Å². The molecule has 3 aliphatic rings. The fourth-order valence-corrected chi connectivity index (χ4v) is 5.91. The molecule has 0 amide bonds. The molecule has 2 aliphatic carbocycles. The fraction of sp³-hybridized carbons (Fsp3) is 0.500. The molecule has 2 heterocycles. The van der Waals surface area contributed by atoms with Gasteiger partial charge in [-0.05, 0) is 54.4 Å². The van der Waals surface area contributed by atoms with Gasteiger partial charge in [-0.2, -0.15) is 18.2 Å². The maximum absolute atomic E-state index is 12.8. The highest BCUT2D eigenvalue weighted by Crippen LogP contribution is 2.45. The molecule has 5 atom stereocenters. The molecule has 0 saturated heterocycles. The molecule has 0 unspecified atom stereocenters. The number of hydrogen-bond donors (Lipinski definition) is 4. The van der Waals surface area contributed by atoms with E-state index in [1.54, 1.807) is 4.90 Å². The van der Waals surface area contributed by atoms with Gasteiger partial charge in [-0.1, -0.05) is 23.8 Å². The first-order valence-electron chi connectivity index (χ1n) is 12.7. The highest BCUT2D eigenvalue weighted by atomic mass is 35.5. The van der Waals surface area contributed by atoms with E-state index in [9.17, 15) is 28.2 Å². The van der Waals surface area contributed by atoms with Crippen molar-refractivity contribution >= 4 is 35.0 Å². The van der Waals surface area contributed by atoms with Gasteiger partial charge >= 0.3 is 12.1 Å². The van der Waals surface area contributed by atoms with Crippen LogP contribution in [0.5, 0.6) is 5.75 Å². The largest absolute Gasteiger partial charge is 0.495 e. The molecular formula is C26H29ClF3N5O4. The lowest BCUT2D eigenvalue weighted by Crippen LogP contribution is -2.41. The van der Waals surface area contributed by atoms with Gasteiger partial charge in [0.1, 0.15) is 10.8 Å². The van der Waals surface area contributed by atoms with Crippen LogP contribution >= 0.6 is 11.6 Å². The first-order valence-corrected chi connectivity index (χ1v) is 13.1. The molecule has 1 aromatic heterocycles. The predicted octanol–water partition coefficient (Wildman–Crippen LogP) is 3.89. The number of β-amino-alcohol motifs (C(OH)–C–C–N with tert-alkyl or cyclic N) is 1. The number of carboxylic acid groups (broad SMARTS) is 1. The number of methoxy groups -OCH3 is 1. The number of aliphatic hydroxyl groups is 1. The second-order valence-electron chi connectivity index (χ2n) is 10.2. The number of alkyl halides is 3. The number of allylic oxidation sites excluding steroid dienone is 1. The minimum absolute atomic E-state index is 0.0281. The SMILES string of the molecule is COc1cc2c(cc1Nc1ncc(Cl)c(N[C@H]3[C@@H](C(=O)O)[C@@H]4C=C[C@H]3C4)n1)CCN(C[C@H](O)C(F)(F)F)CC2. The summed E-state index contributed by atoms with van der Waals surface area (Å²) < 4.78 is 44.1. The number of anilines is 3. The summed E-state index contributed by atoms with van der Waals surface area (Å²) in [6, 6.07) is 3.36. The smallest absolute Gasteiger partial charge is 0.415 e. The Morgan fingerprint density at radius 1 is 1.23 bits per heavy atom. The third-order valence-corrected chi connectivity index (χ3v) is 8.04. The van der Waals surface area contributed by atoms with E-state index in [-0.39, 0.29) is 28.8 Å². The Morgan fingerprint density at radius 2 is 1.92 bits per heavy atom. The molecule has 210 valence electrons. The van der Waals surface area contributed by atoms with Crippen molar-refractivity contribution in [3.05, 3.63) is 46.6 Å². The van der Waals surface area contributed by atoms with Crippen LogP contribution in [0.4, 0.5) is 30.6 Å². The Balaban J connectivity index is 1.33. The normalized spacial score (nSPS) is 25.2. The molecule has 0 spiro atoms. The Morgan fingerprint density at radius 3 is 2.59 bits per heavy atom. The van der Waals surface area contributed by atoms with Crippen LogP contribution in [0.3, 0.4) is 0 Å². The zero-order valence-corrected chi connectivity index (χ0v) is 21.8. The molecule has 9 nitrogen and oxygen atoms in total. The van der Waals surface area contributed by atoms with E-state index >= 15 is 0 Å². The first kappa shape index (κ1) is 27.5. The zero-order valence-electron chi connectivity index (χ0n) is 21.1. The van der Waals surface area contributed by atoms with E-state index in [1.807, 2.05) is 24.3 Å². The van der Waals surface area contributed by atoms with Crippen molar-refractivity contribution in [3.63, 3.8) is 0 Å². The Hall–Kier alpha value is -3.09. The highest BCUT2D eigenvalue weighted by molar-refractivity contribution is 6.32. The van der Waals surface area contributed by atoms with Crippen LogP contribution in [0.2, 0.25) is 5.02 Å². The summed E-state index contributed by atoms with van der Waals surface area (Å²) in [6.45, 7) is 0.260. The summed E-state index contributed by atoms with van der Waals surface area (Å²) in [4.78, 5) is 22.3. The van der Waals surface area contributed by atoms with Crippen molar-refractivity contribution in [2.24, 2.45) is 17.8 Å². The van der Waals surface area contributed by atoms with E-state index in [2.05, 4.69) is 20.6 Å². The van der Waals surface area contributed by atoms with Crippen LogP contribution in [0.25, 0.3) is 0 Å². The molecule has 0 radical (unpaired) electrons. The molecule has 39 heavy (non-hydrogen) atoms. The Bertz CT molecular complexity index is 1280. The van der Waals surface area contributed by atoms with E-state index < -0.39 is 30.7 Å². The summed E-state index contributed by atoms with van der Waals surface area (Å²) in [5.41, 5.74) is 2.46. The van der Waals surface area contributed by atoms with E-state index in [0.717, 1.165) is 17.5 Å². The van der Waals surface area contributed by atoms with Crippen LogP contribution in [-0.4, -0.2) is 76.1 Å². The van der Waals surface area contributed by atoms with Crippen LogP contribution in [0.1, 0.15) is 17.5 Å². The number of nitrogens with one attached hydrogen (secondary N) is 2. The average Bonchev–Trinajstić information content (AvgIpc) is 3.43. The summed E-state index contributed by atoms with van der Waals surface area (Å²) in [5.74, 6) is -0.360. The quantitative estimate of drug-likeness (QED) is 0.352. The molecule has 1 aromatic carbocycles. The molecule has 2 bridgehead atoms. The molecule has 4 N–H and O–H groups in total. The highest BCUT2D eigenvalue weighted by Gasteiger charge is 2.48. The lowest BCUT2D eigenvalue weighted by atomic mass is 9.89. The number of fused-ring (bicyclic) bond motifs is 3. The van der Waals surface area contributed by atoms with Gasteiger partial charge in [-0.15, -0.1) is 0 Å². The van der Waals surface area contributed by atoms with Gasteiger partial charge < -0.3 is 25.6 Å². The van der Waals surface area contributed by atoms with Crippen LogP contribution in [0, 0.1) is 17.8 Å². The summed E-state index contributed by atoms with van der Waals surface area (Å²) in [7, 11) is 1.51. The summed E-state index contributed by atoms with van der Waals surface area (Å²) >= 11 is 6.36. The standard InChI is InChI=1S/C26H29ClF3N5O4/c1-39-19-10-14-5-7-35(12-20(36)26(28,29)30)6-4-13(14)9-18(19)32-25-31-11-17(27)23(34-25)33-22-16-3-2-15(8-16)21(22)24(37)38/h2-3,9-11,15-16,20-22,36H,4-8,12H2,1H3,(H,37,38)(H2,31,32,33,34)/t15-,16+,20+,21+,22-/m1/s1. The second kappa shape index (κ2) is 10.8. The number of carboxylic acids is 1. The van der Waals surface area contributed by atoms with Crippen LogP contribution in [-0.2, 0) is 17.6 Å². The molecule has 1 saturated carbocycles. The van der Waals surface area contributed by atoms with Gasteiger partial charge in [-0.3, -0.25) is 9.69 Å². The predicted molar refractivity (Wildman–Crippen MR) is 139 cm³/mol. The monoisotopic (exact) mass is 567 g/mol. The first-order chi connectivity index (χ1) is 18.5. The van der Waals surface area contributed by atoms with Crippen LogP contribution in [0.15, 0.2) is 30.5 Å². The number of rotatable bonds is 8. The van der Waals surface area contributed by atoms with Gasteiger partial charge in [0.15, 0.2) is 11.9 Å². The molecule has 5 rings (SSSR count). The molecular weight excluding hydrogens is 539 g/mol. The third-order valence-electron chi connectivity index (χ3n) is 7.76. The maximum atomic E-state index is 12.8. The minimum atomic E-state index is -4.66. The number of aliphatic hydroxyl groups excluding tert-OH is 1. The van der Waals surface area contributed by atoms with Gasteiger partial charge in [0.05, 0.1) is 24.9 Å². The molecule has 1 aliphatic heterocycles. The van der Waals surface area contributed by atoms with Crippen molar-refractivity contribution in [2.45, 2.75) is 37.6 Å². The van der Waals surface area contributed by atoms with E-state index in [4.69, 9.17) is 16.3 Å². The number of nitrogens with zero attached hydrogens (tertiary/aromatic N) is 3. The second-order valence-corrected chi connectivity index (χ2v) is 10.6. The van der Waals surface area contributed by atoms with E-state index in [0.29, 0.717) is 43.2 Å².